The number of Topliss-reactive ketones (excluding diaryl/α,β-unsaturated/α-hetero) is 1. The molecule has 1 unspecified atom stereocenters. The Labute approximate surface area is 144 Å². The first kappa shape index (κ1) is 19.7. The summed E-state index contributed by atoms with van der Waals surface area (Å²) in [6, 6.07) is 7.16. The number of rotatable bonds is 5. The number of ketones is 1. The Bertz CT molecular complexity index is 529. The Morgan fingerprint density at radius 1 is 1.22 bits per heavy atom. The van der Waals surface area contributed by atoms with E-state index in [-0.39, 0.29) is 29.5 Å². The predicted molar refractivity (Wildman–Crippen MR) is 96.3 cm³/mol. The van der Waals surface area contributed by atoms with Crippen LogP contribution in [0.1, 0.15) is 50.4 Å². The fraction of sp³-hybridized carbons (Fsp3) is 0.556. The lowest BCUT2D eigenvalue weighted by Crippen LogP contribution is -2.20. The molecule has 0 bridgehead atoms. The largest absolute Gasteiger partial charge is 0.326 e. The second-order valence-electron chi connectivity index (χ2n) is 7.10. The first-order valence-electron chi connectivity index (χ1n) is 8.02. The van der Waals surface area contributed by atoms with E-state index in [4.69, 9.17) is 0 Å². The van der Waals surface area contributed by atoms with Gasteiger partial charge >= 0.3 is 0 Å². The van der Waals surface area contributed by atoms with E-state index >= 15 is 0 Å². The molecular formula is C18H27ClN2O2. The van der Waals surface area contributed by atoms with Crippen LogP contribution < -0.4 is 10.6 Å². The van der Waals surface area contributed by atoms with Crippen LogP contribution in [-0.4, -0.2) is 24.8 Å². The Kier molecular flexibility index (Phi) is 7.23. The molecule has 5 heteroatoms. The van der Waals surface area contributed by atoms with Crippen molar-refractivity contribution in [2.45, 2.75) is 40.0 Å². The van der Waals surface area contributed by atoms with E-state index < -0.39 is 0 Å². The molecule has 2 N–H and O–H groups in total. The third kappa shape index (κ3) is 5.96. The van der Waals surface area contributed by atoms with Crippen molar-refractivity contribution in [3.8, 4) is 0 Å². The number of benzene rings is 1. The van der Waals surface area contributed by atoms with Gasteiger partial charge in [-0.2, -0.15) is 0 Å². The van der Waals surface area contributed by atoms with Crippen LogP contribution >= 0.6 is 12.4 Å². The molecule has 0 spiro atoms. The van der Waals surface area contributed by atoms with Crippen LogP contribution in [0, 0.1) is 11.3 Å². The van der Waals surface area contributed by atoms with Crippen molar-refractivity contribution in [3.05, 3.63) is 29.8 Å². The molecule has 2 rings (SSSR count). The second-order valence-corrected chi connectivity index (χ2v) is 7.10. The summed E-state index contributed by atoms with van der Waals surface area (Å²) in [5.74, 6) is 0.776. The molecule has 1 aliphatic rings. The summed E-state index contributed by atoms with van der Waals surface area (Å²) >= 11 is 0. The van der Waals surface area contributed by atoms with Crippen LogP contribution in [0.15, 0.2) is 24.3 Å². The number of carbonyl (C=O) groups is 2. The Morgan fingerprint density at radius 2 is 1.87 bits per heavy atom. The molecule has 1 heterocycles. The van der Waals surface area contributed by atoms with E-state index in [0.717, 1.165) is 31.6 Å². The minimum Gasteiger partial charge on any atom is -0.326 e. The SMILES string of the molecule is CC(C)(C)C(=O)c1ccc(NC(=O)CCC2CCNC2)cc1.Cl. The van der Waals surface area contributed by atoms with E-state index in [2.05, 4.69) is 10.6 Å². The molecule has 23 heavy (non-hydrogen) atoms. The lowest BCUT2D eigenvalue weighted by molar-refractivity contribution is -0.116. The van der Waals surface area contributed by atoms with Crippen molar-refractivity contribution in [2.24, 2.45) is 11.3 Å². The van der Waals surface area contributed by atoms with Gasteiger partial charge in [0.2, 0.25) is 5.91 Å². The van der Waals surface area contributed by atoms with E-state index in [1.54, 1.807) is 24.3 Å². The summed E-state index contributed by atoms with van der Waals surface area (Å²) in [5.41, 5.74) is 1.04. The highest BCUT2D eigenvalue weighted by atomic mass is 35.5. The van der Waals surface area contributed by atoms with Gasteiger partial charge in [-0.1, -0.05) is 20.8 Å². The molecular weight excluding hydrogens is 312 g/mol. The van der Waals surface area contributed by atoms with Gasteiger partial charge in [-0.15, -0.1) is 12.4 Å². The fourth-order valence-corrected chi connectivity index (χ4v) is 2.66. The molecule has 0 radical (unpaired) electrons. The molecule has 0 saturated carbocycles. The number of amides is 1. The molecule has 1 aromatic carbocycles. The van der Waals surface area contributed by atoms with E-state index in [1.165, 1.54) is 0 Å². The van der Waals surface area contributed by atoms with Crippen LogP contribution in [0.2, 0.25) is 0 Å². The number of hydrogen-bond donors (Lipinski definition) is 2. The van der Waals surface area contributed by atoms with E-state index in [1.807, 2.05) is 20.8 Å². The number of halogens is 1. The van der Waals surface area contributed by atoms with Gasteiger partial charge in [0, 0.05) is 23.1 Å². The second kappa shape index (κ2) is 8.46. The molecule has 0 aromatic heterocycles. The number of carbonyl (C=O) groups excluding carboxylic acids is 2. The van der Waals surface area contributed by atoms with Crippen LogP contribution in [0.5, 0.6) is 0 Å². The Morgan fingerprint density at radius 3 is 2.39 bits per heavy atom. The molecule has 128 valence electrons. The van der Waals surface area contributed by atoms with Crippen LogP contribution in [0.4, 0.5) is 5.69 Å². The maximum Gasteiger partial charge on any atom is 0.224 e. The first-order valence-corrected chi connectivity index (χ1v) is 8.02. The quantitative estimate of drug-likeness (QED) is 0.805. The first-order chi connectivity index (χ1) is 10.4. The summed E-state index contributed by atoms with van der Waals surface area (Å²) in [6.45, 7) is 7.81. The van der Waals surface area contributed by atoms with Gasteiger partial charge < -0.3 is 10.6 Å². The standard InChI is InChI=1S/C18H26N2O2.ClH/c1-18(2,3)17(22)14-5-7-15(8-6-14)20-16(21)9-4-13-10-11-19-12-13;/h5-8,13,19H,4,9-12H2,1-3H3,(H,20,21);1H. The van der Waals surface area contributed by atoms with E-state index in [9.17, 15) is 9.59 Å². The van der Waals surface area contributed by atoms with Gasteiger partial charge in [0.05, 0.1) is 0 Å². The average molecular weight is 339 g/mol. The summed E-state index contributed by atoms with van der Waals surface area (Å²) in [7, 11) is 0. The third-order valence-electron chi connectivity index (χ3n) is 4.05. The Balaban J connectivity index is 0.00000264. The number of anilines is 1. The van der Waals surface area contributed by atoms with Gasteiger partial charge in [0.15, 0.2) is 5.78 Å². The van der Waals surface area contributed by atoms with Crippen molar-refractivity contribution in [2.75, 3.05) is 18.4 Å². The smallest absolute Gasteiger partial charge is 0.224 e. The van der Waals surface area contributed by atoms with Crippen LogP contribution in [0.3, 0.4) is 0 Å². The molecule has 4 nitrogen and oxygen atoms in total. The van der Waals surface area contributed by atoms with Gasteiger partial charge in [-0.05, 0) is 56.1 Å². The zero-order chi connectivity index (χ0) is 16.2. The average Bonchev–Trinajstić information content (AvgIpc) is 2.97. The maximum absolute atomic E-state index is 12.2. The van der Waals surface area contributed by atoms with Crippen molar-refractivity contribution in [3.63, 3.8) is 0 Å². The van der Waals surface area contributed by atoms with Gasteiger partial charge in [0.1, 0.15) is 0 Å². The van der Waals surface area contributed by atoms with Crippen LogP contribution in [0.25, 0.3) is 0 Å². The molecule has 1 aromatic rings. The zero-order valence-electron chi connectivity index (χ0n) is 14.1. The summed E-state index contributed by atoms with van der Waals surface area (Å²) < 4.78 is 0. The van der Waals surface area contributed by atoms with Crippen LogP contribution in [-0.2, 0) is 4.79 Å². The van der Waals surface area contributed by atoms with Gasteiger partial charge in [-0.3, -0.25) is 9.59 Å². The normalized spacial score (nSPS) is 17.4. The Hall–Kier alpha value is -1.39. The highest BCUT2D eigenvalue weighted by Crippen LogP contribution is 2.22. The lowest BCUT2D eigenvalue weighted by atomic mass is 9.86. The number of nitrogens with one attached hydrogen (secondary N) is 2. The third-order valence-corrected chi connectivity index (χ3v) is 4.05. The van der Waals surface area contributed by atoms with Gasteiger partial charge in [0.25, 0.3) is 0 Å². The fourth-order valence-electron chi connectivity index (χ4n) is 2.66. The van der Waals surface area contributed by atoms with Crippen molar-refractivity contribution in [1.82, 2.24) is 5.32 Å². The number of hydrogen-bond acceptors (Lipinski definition) is 3. The monoisotopic (exact) mass is 338 g/mol. The van der Waals surface area contributed by atoms with Crippen molar-refractivity contribution < 1.29 is 9.59 Å². The molecule has 0 aliphatic carbocycles. The highest BCUT2D eigenvalue weighted by molar-refractivity contribution is 6.00. The molecule has 1 aliphatic heterocycles. The van der Waals surface area contributed by atoms with E-state index in [0.29, 0.717) is 17.9 Å². The summed E-state index contributed by atoms with van der Waals surface area (Å²) in [5, 5.41) is 6.21. The maximum atomic E-state index is 12.2. The predicted octanol–water partition coefficient (Wildman–Crippen LogP) is 3.67. The van der Waals surface area contributed by atoms with Crippen molar-refractivity contribution >= 4 is 29.8 Å². The zero-order valence-corrected chi connectivity index (χ0v) is 15.0. The highest BCUT2D eigenvalue weighted by Gasteiger charge is 2.22. The molecule has 1 atom stereocenters. The molecule has 1 amide bonds. The lowest BCUT2D eigenvalue weighted by Gasteiger charge is -2.16. The summed E-state index contributed by atoms with van der Waals surface area (Å²) in [6.07, 6.45) is 2.64. The molecule has 1 fully saturated rings. The summed E-state index contributed by atoms with van der Waals surface area (Å²) in [4.78, 5) is 24.1. The van der Waals surface area contributed by atoms with Gasteiger partial charge in [-0.25, -0.2) is 0 Å². The minimum absolute atomic E-state index is 0. The molecule has 1 saturated heterocycles. The topological polar surface area (TPSA) is 58.2 Å². The minimum atomic E-state index is -0.389. The van der Waals surface area contributed by atoms with Crippen molar-refractivity contribution in [1.29, 1.82) is 0 Å².